The van der Waals surface area contributed by atoms with Crippen molar-refractivity contribution in [2.24, 2.45) is 0 Å². The van der Waals surface area contributed by atoms with Gasteiger partial charge in [0.05, 0.1) is 24.2 Å². The summed E-state index contributed by atoms with van der Waals surface area (Å²) in [6.45, 7) is 0.916. The quantitative estimate of drug-likeness (QED) is 0.446. The summed E-state index contributed by atoms with van der Waals surface area (Å²) in [7, 11) is 0. The fourth-order valence-corrected chi connectivity index (χ4v) is 1.70. The maximum absolute atomic E-state index is 13.5. The lowest BCUT2D eigenvalue weighted by Crippen LogP contribution is -2.07. The summed E-state index contributed by atoms with van der Waals surface area (Å²) < 4.78 is 24.1. The molecule has 110 valence electrons. The van der Waals surface area contributed by atoms with E-state index in [-0.39, 0.29) is 18.0 Å². The van der Waals surface area contributed by atoms with E-state index in [2.05, 4.69) is 0 Å². The molecule has 21 heavy (non-hydrogen) atoms. The van der Waals surface area contributed by atoms with Gasteiger partial charge in [0.2, 0.25) is 0 Å². The number of nitro groups is 1. The molecule has 0 fully saturated rings. The monoisotopic (exact) mass is 291 g/mol. The van der Waals surface area contributed by atoms with Crippen molar-refractivity contribution in [2.45, 2.75) is 6.61 Å². The summed E-state index contributed by atoms with van der Waals surface area (Å²) >= 11 is 0. The van der Waals surface area contributed by atoms with Crippen molar-refractivity contribution in [2.75, 3.05) is 13.2 Å². The van der Waals surface area contributed by atoms with Crippen molar-refractivity contribution in [3.05, 3.63) is 70.0 Å². The lowest BCUT2D eigenvalue weighted by atomic mass is 10.2. The summed E-state index contributed by atoms with van der Waals surface area (Å²) in [5.41, 5.74) is 0.735. The number of hydrogen-bond donors (Lipinski definition) is 0. The van der Waals surface area contributed by atoms with Crippen LogP contribution in [0.15, 0.2) is 48.5 Å². The second kappa shape index (κ2) is 7.35. The van der Waals surface area contributed by atoms with Crippen molar-refractivity contribution in [1.82, 2.24) is 0 Å². The Balaban J connectivity index is 1.75. The lowest BCUT2D eigenvalue weighted by molar-refractivity contribution is -0.385. The van der Waals surface area contributed by atoms with Crippen LogP contribution in [0.2, 0.25) is 0 Å². The number of non-ortho nitro benzene ring substituents is 1. The molecule has 0 saturated carbocycles. The average Bonchev–Trinajstić information content (AvgIpc) is 2.49. The molecule has 0 aliphatic rings. The van der Waals surface area contributed by atoms with Crippen molar-refractivity contribution in [3.63, 3.8) is 0 Å². The molecule has 0 aliphatic heterocycles. The molecule has 2 aromatic rings. The molecule has 0 radical (unpaired) electrons. The van der Waals surface area contributed by atoms with Crippen LogP contribution >= 0.6 is 0 Å². The third kappa shape index (κ3) is 4.54. The normalized spacial score (nSPS) is 10.3. The zero-order chi connectivity index (χ0) is 15.1. The highest BCUT2D eigenvalue weighted by Crippen LogP contribution is 2.22. The third-order valence-electron chi connectivity index (χ3n) is 2.72. The third-order valence-corrected chi connectivity index (χ3v) is 2.72. The summed E-state index contributed by atoms with van der Waals surface area (Å²) in [6.07, 6.45) is 0. The van der Waals surface area contributed by atoms with Crippen LogP contribution in [0.3, 0.4) is 0 Å². The Morgan fingerprint density at radius 2 is 1.86 bits per heavy atom. The maximum Gasteiger partial charge on any atom is 0.272 e. The Kier molecular flexibility index (Phi) is 5.22. The molecule has 2 aromatic carbocycles. The number of hydrogen-bond acceptors (Lipinski definition) is 4. The zero-order valence-electron chi connectivity index (χ0n) is 11.2. The Morgan fingerprint density at radius 3 is 2.52 bits per heavy atom. The highest BCUT2D eigenvalue weighted by Gasteiger charge is 2.11. The largest absolute Gasteiger partial charge is 0.488 e. The van der Waals surface area contributed by atoms with E-state index in [0.717, 1.165) is 11.6 Å². The zero-order valence-corrected chi connectivity index (χ0v) is 11.2. The summed E-state index contributed by atoms with van der Waals surface area (Å²) in [5.74, 6) is -0.781. The minimum absolute atomic E-state index is 0.0242. The molecule has 0 unspecified atom stereocenters. The van der Waals surface area contributed by atoms with Crippen molar-refractivity contribution >= 4 is 5.69 Å². The molecule has 0 N–H and O–H groups in total. The minimum atomic E-state index is -0.757. The Morgan fingerprint density at radius 1 is 1.10 bits per heavy atom. The van der Waals surface area contributed by atoms with Gasteiger partial charge in [-0.05, 0) is 11.6 Å². The van der Waals surface area contributed by atoms with Crippen LogP contribution in [0.25, 0.3) is 0 Å². The van der Waals surface area contributed by atoms with Crippen LogP contribution < -0.4 is 4.74 Å². The second-order valence-corrected chi connectivity index (χ2v) is 4.26. The molecule has 0 saturated heterocycles. The first-order valence-corrected chi connectivity index (χ1v) is 6.35. The maximum atomic E-state index is 13.5. The molecule has 0 aromatic heterocycles. The van der Waals surface area contributed by atoms with Gasteiger partial charge in [-0.1, -0.05) is 30.3 Å². The molecule has 6 heteroatoms. The molecule has 0 amide bonds. The predicted molar refractivity (Wildman–Crippen MR) is 74.6 cm³/mol. The van der Waals surface area contributed by atoms with Gasteiger partial charge < -0.3 is 9.47 Å². The van der Waals surface area contributed by atoms with E-state index in [4.69, 9.17) is 9.47 Å². The van der Waals surface area contributed by atoms with Crippen molar-refractivity contribution < 1.29 is 18.8 Å². The van der Waals surface area contributed by atoms with Gasteiger partial charge in [-0.15, -0.1) is 0 Å². The Hall–Kier alpha value is -2.47. The van der Waals surface area contributed by atoms with E-state index in [9.17, 15) is 14.5 Å². The topological polar surface area (TPSA) is 61.6 Å². The first kappa shape index (κ1) is 14.9. The number of rotatable bonds is 7. The van der Waals surface area contributed by atoms with E-state index in [1.165, 1.54) is 12.1 Å². The van der Waals surface area contributed by atoms with Crippen molar-refractivity contribution in [3.8, 4) is 5.75 Å². The molecular weight excluding hydrogens is 277 g/mol. The summed E-state index contributed by atoms with van der Waals surface area (Å²) in [5, 5.41) is 10.5. The molecule has 0 atom stereocenters. The molecule has 0 bridgehead atoms. The van der Waals surface area contributed by atoms with Crippen LogP contribution in [0, 0.1) is 15.9 Å². The van der Waals surface area contributed by atoms with Gasteiger partial charge >= 0.3 is 0 Å². The number of halogens is 1. The minimum Gasteiger partial charge on any atom is -0.488 e. The molecule has 0 spiro atoms. The SMILES string of the molecule is O=[N+]([O-])c1ccc(OCCOCc2ccccc2)c(F)c1. The highest BCUT2D eigenvalue weighted by molar-refractivity contribution is 5.37. The van der Waals surface area contributed by atoms with Crippen LogP contribution in [-0.2, 0) is 11.3 Å². The summed E-state index contributed by atoms with van der Waals surface area (Å²) in [4.78, 5) is 9.82. The lowest BCUT2D eigenvalue weighted by Gasteiger charge is -2.08. The van der Waals surface area contributed by atoms with E-state index in [1.54, 1.807) is 0 Å². The first-order chi connectivity index (χ1) is 10.2. The van der Waals surface area contributed by atoms with Gasteiger partial charge in [-0.25, -0.2) is 4.39 Å². The molecule has 0 aliphatic carbocycles. The Labute approximate surface area is 121 Å². The standard InChI is InChI=1S/C15H14FNO4/c16-14-10-13(17(18)19)6-7-15(14)21-9-8-20-11-12-4-2-1-3-5-12/h1-7,10H,8-9,11H2. The number of nitrogens with zero attached hydrogens (tertiary/aromatic N) is 1. The van der Waals surface area contributed by atoms with E-state index in [0.29, 0.717) is 13.2 Å². The van der Waals surface area contributed by atoms with Gasteiger partial charge in [0, 0.05) is 6.07 Å². The molecular formula is C15H14FNO4. The van der Waals surface area contributed by atoms with Gasteiger partial charge in [-0.3, -0.25) is 10.1 Å². The fourth-order valence-electron chi connectivity index (χ4n) is 1.70. The van der Waals surface area contributed by atoms with Crippen LogP contribution in [-0.4, -0.2) is 18.1 Å². The predicted octanol–water partition coefficient (Wildman–Crippen LogP) is 3.33. The fraction of sp³-hybridized carbons (Fsp3) is 0.200. The van der Waals surface area contributed by atoms with Gasteiger partial charge in [0.1, 0.15) is 6.61 Å². The van der Waals surface area contributed by atoms with Crippen LogP contribution in [0.5, 0.6) is 5.75 Å². The Bertz CT molecular complexity index is 604. The van der Waals surface area contributed by atoms with Gasteiger partial charge in [-0.2, -0.15) is 0 Å². The van der Waals surface area contributed by atoms with Gasteiger partial charge in [0.25, 0.3) is 5.69 Å². The van der Waals surface area contributed by atoms with Crippen LogP contribution in [0.1, 0.15) is 5.56 Å². The second-order valence-electron chi connectivity index (χ2n) is 4.26. The van der Waals surface area contributed by atoms with Gasteiger partial charge in [0.15, 0.2) is 11.6 Å². The molecule has 0 heterocycles. The summed E-state index contributed by atoms with van der Waals surface area (Å²) in [6, 6.07) is 12.9. The first-order valence-electron chi connectivity index (χ1n) is 6.35. The molecule has 5 nitrogen and oxygen atoms in total. The highest BCUT2D eigenvalue weighted by atomic mass is 19.1. The van der Waals surface area contributed by atoms with E-state index in [1.807, 2.05) is 30.3 Å². The molecule has 2 rings (SSSR count). The smallest absolute Gasteiger partial charge is 0.272 e. The van der Waals surface area contributed by atoms with Crippen LogP contribution in [0.4, 0.5) is 10.1 Å². The van der Waals surface area contributed by atoms with E-state index >= 15 is 0 Å². The van der Waals surface area contributed by atoms with Crippen molar-refractivity contribution in [1.29, 1.82) is 0 Å². The average molecular weight is 291 g/mol. The van der Waals surface area contributed by atoms with E-state index < -0.39 is 10.7 Å². The number of ether oxygens (including phenoxy) is 2. The number of nitro benzene ring substituents is 1. The number of benzene rings is 2.